The fraction of sp³-hybridized carbons (Fsp3) is 0.182. The number of anilines is 1. The maximum absolute atomic E-state index is 12.8. The molecule has 0 saturated heterocycles. The summed E-state index contributed by atoms with van der Waals surface area (Å²) < 4.78 is 43.5. The summed E-state index contributed by atoms with van der Waals surface area (Å²) in [7, 11) is 0. The quantitative estimate of drug-likeness (QED) is 0.901. The van der Waals surface area contributed by atoms with Crippen molar-refractivity contribution in [3.63, 3.8) is 0 Å². The first-order chi connectivity index (χ1) is 9.30. The maximum atomic E-state index is 12.8. The standard InChI is InChI=1S/C11H7BrF3N3O2/c1-5-8(12)10(20-18-5)17-9(19)6-4-16-3-2-7(6)11(13,14)15/h2-4H,1H3,(H,17,19). The summed E-state index contributed by atoms with van der Waals surface area (Å²) in [6.45, 7) is 1.61. The average Bonchev–Trinajstić information content (AvgIpc) is 2.70. The smallest absolute Gasteiger partial charge is 0.337 e. The molecule has 0 aliphatic rings. The lowest BCUT2D eigenvalue weighted by Gasteiger charge is -2.11. The molecule has 0 fully saturated rings. The van der Waals surface area contributed by atoms with Crippen LogP contribution in [0.25, 0.3) is 0 Å². The van der Waals surface area contributed by atoms with Gasteiger partial charge in [-0.2, -0.15) is 13.2 Å². The van der Waals surface area contributed by atoms with Crippen molar-refractivity contribution in [3.05, 3.63) is 39.8 Å². The van der Waals surface area contributed by atoms with Gasteiger partial charge in [0.15, 0.2) is 0 Å². The lowest BCUT2D eigenvalue weighted by atomic mass is 10.1. The zero-order valence-electron chi connectivity index (χ0n) is 9.95. The van der Waals surface area contributed by atoms with Gasteiger partial charge >= 0.3 is 6.18 Å². The molecule has 0 aromatic carbocycles. The summed E-state index contributed by atoms with van der Waals surface area (Å²) >= 11 is 3.10. The molecule has 1 amide bonds. The molecule has 0 radical (unpaired) electrons. The van der Waals surface area contributed by atoms with Crippen molar-refractivity contribution in [3.8, 4) is 0 Å². The third-order valence-electron chi connectivity index (χ3n) is 2.39. The summed E-state index contributed by atoms with van der Waals surface area (Å²) in [5.74, 6) is -1.05. The Bertz CT molecular complexity index is 655. The van der Waals surface area contributed by atoms with E-state index < -0.39 is 23.2 Å². The van der Waals surface area contributed by atoms with E-state index in [2.05, 4.69) is 31.4 Å². The number of hydrogen-bond donors (Lipinski definition) is 1. The monoisotopic (exact) mass is 349 g/mol. The Hall–Kier alpha value is -1.90. The van der Waals surface area contributed by atoms with Gasteiger partial charge in [-0.15, -0.1) is 0 Å². The number of aromatic nitrogens is 2. The number of aryl methyl sites for hydroxylation is 1. The number of nitrogens with zero attached hydrogens (tertiary/aromatic N) is 2. The molecule has 5 nitrogen and oxygen atoms in total. The zero-order chi connectivity index (χ0) is 14.9. The molecule has 0 saturated carbocycles. The number of halogens is 4. The number of amides is 1. The van der Waals surface area contributed by atoms with Crippen molar-refractivity contribution in [2.75, 3.05) is 5.32 Å². The van der Waals surface area contributed by atoms with Crippen LogP contribution in [0.1, 0.15) is 21.6 Å². The predicted octanol–water partition coefficient (Wildman–Crippen LogP) is 3.41. The molecule has 20 heavy (non-hydrogen) atoms. The Morgan fingerprint density at radius 3 is 2.70 bits per heavy atom. The highest BCUT2D eigenvalue weighted by Gasteiger charge is 2.35. The highest BCUT2D eigenvalue weighted by Crippen LogP contribution is 2.32. The van der Waals surface area contributed by atoms with E-state index in [1.54, 1.807) is 6.92 Å². The third-order valence-corrected chi connectivity index (χ3v) is 3.32. The molecule has 0 aliphatic carbocycles. The molecule has 1 N–H and O–H groups in total. The zero-order valence-corrected chi connectivity index (χ0v) is 11.5. The minimum absolute atomic E-state index is 0.0653. The third kappa shape index (κ3) is 2.82. The SMILES string of the molecule is Cc1noc(NC(=O)c2cnccc2C(F)(F)F)c1Br. The van der Waals surface area contributed by atoms with Crippen LogP contribution < -0.4 is 5.32 Å². The molecule has 0 aliphatic heterocycles. The van der Waals surface area contributed by atoms with E-state index in [0.717, 1.165) is 18.5 Å². The molecule has 0 atom stereocenters. The van der Waals surface area contributed by atoms with E-state index in [4.69, 9.17) is 4.52 Å². The number of carbonyl (C=O) groups excluding carboxylic acids is 1. The first kappa shape index (κ1) is 14.5. The summed E-state index contributed by atoms with van der Waals surface area (Å²) in [6.07, 6.45) is -2.84. The first-order valence-electron chi connectivity index (χ1n) is 5.25. The number of nitrogens with one attached hydrogen (secondary N) is 1. The minimum Gasteiger partial charge on any atom is -0.337 e. The molecule has 2 aromatic rings. The van der Waals surface area contributed by atoms with Gasteiger partial charge < -0.3 is 4.52 Å². The Kier molecular flexibility index (Phi) is 3.80. The number of rotatable bonds is 2. The molecular formula is C11H7BrF3N3O2. The van der Waals surface area contributed by atoms with E-state index in [1.807, 2.05) is 0 Å². The van der Waals surface area contributed by atoms with Gasteiger partial charge in [0, 0.05) is 12.4 Å². The van der Waals surface area contributed by atoms with Crippen LogP contribution in [0.4, 0.5) is 19.1 Å². The van der Waals surface area contributed by atoms with Crippen LogP contribution in [0.2, 0.25) is 0 Å². The summed E-state index contributed by atoms with van der Waals surface area (Å²) in [6, 6.07) is 0.732. The number of alkyl halides is 3. The highest BCUT2D eigenvalue weighted by atomic mass is 79.9. The van der Waals surface area contributed by atoms with Gasteiger partial charge in [-0.1, -0.05) is 5.16 Å². The van der Waals surface area contributed by atoms with Crippen molar-refractivity contribution >= 4 is 27.7 Å². The fourth-order valence-electron chi connectivity index (χ4n) is 1.43. The highest BCUT2D eigenvalue weighted by molar-refractivity contribution is 9.10. The topological polar surface area (TPSA) is 68.0 Å². The van der Waals surface area contributed by atoms with E-state index in [1.165, 1.54) is 0 Å². The van der Waals surface area contributed by atoms with Gasteiger partial charge in [0.1, 0.15) is 4.47 Å². The van der Waals surface area contributed by atoms with E-state index in [0.29, 0.717) is 10.2 Å². The Morgan fingerprint density at radius 1 is 1.45 bits per heavy atom. The van der Waals surface area contributed by atoms with Crippen molar-refractivity contribution < 1.29 is 22.5 Å². The average molecular weight is 350 g/mol. The molecule has 106 valence electrons. The lowest BCUT2D eigenvalue weighted by Crippen LogP contribution is -2.19. The second kappa shape index (κ2) is 5.23. The van der Waals surface area contributed by atoms with E-state index in [9.17, 15) is 18.0 Å². The van der Waals surface area contributed by atoms with Gasteiger partial charge in [-0.25, -0.2) is 0 Å². The number of pyridine rings is 1. The summed E-state index contributed by atoms with van der Waals surface area (Å²) in [5, 5.41) is 5.76. The molecular weight excluding hydrogens is 343 g/mol. The van der Waals surface area contributed by atoms with Gasteiger partial charge in [0.25, 0.3) is 5.91 Å². The Labute approximate surface area is 119 Å². The van der Waals surface area contributed by atoms with Crippen LogP contribution >= 0.6 is 15.9 Å². The normalized spacial score (nSPS) is 11.4. The van der Waals surface area contributed by atoms with Gasteiger partial charge in [0.2, 0.25) is 5.88 Å². The molecule has 0 spiro atoms. The number of carbonyl (C=O) groups is 1. The van der Waals surface area contributed by atoms with Gasteiger partial charge in [-0.3, -0.25) is 15.1 Å². The molecule has 0 unspecified atom stereocenters. The second-order valence-corrected chi connectivity index (χ2v) is 4.58. The molecule has 2 rings (SSSR count). The first-order valence-corrected chi connectivity index (χ1v) is 6.04. The minimum atomic E-state index is -4.65. The van der Waals surface area contributed by atoms with Crippen LogP contribution in [0, 0.1) is 6.92 Å². The predicted molar refractivity (Wildman–Crippen MR) is 66.1 cm³/mol. The van der Waals surface area contributed by atoms with Crippen LogP contribution in [0.3, 0.4) is 0 Å². The summed E-state index contributed by atoms with van der Waals surface area (Å²) in [4.78, 5) is 15.4. The molecule has 2 aromatic heterocycles. The van der Waals surface area contributed by atoms with Crippen molar-refractivity contribution in [2.24, 2.45) is 0 Å². The fourth-order valence-corrected chi connectivity index (χ4v) is 1.67. The van der Waals surface area contributed by atoms with Crippen LogP contribution in [0.5, 0.6) is 0 Å². The van der Waals surface area contributed by atoms with E-state index in [-0.39, 0.29) is 5.88 Å². The van der Waals surface area contributed by atoms with E-state index >= 15 is 0 Å². The Morgan fingerprint density at radius 2 is 2.15 bits per heavy atom. The molecule has 9 heteroatoms. The largest absolute Gasteiger partial charge is 0.417 e. The number of hydrogen-bond acceptors (Lipinski definition) is 4. The lowest BCUT2D eigenvalue weighted by molar-refractivity contribution is -0.138. The second-order valence-electron chi connectivity index (χ2n) is 3.78. The maximum Gasteiger partial charge on any atom is 0.417 e. The van der Waals surface area contributed by atoms with Crippen LogP contribution in [-0.4, -0.2) is 16.0 Å². The van der Waals surface area contributed by atoms with Crippen LogP contribution in [-0.2, 0) is 6.18 Å². The Balaban J connectivity index is 2.33. The van der Waals surface area contributed by atoms with Gasteiger partial charge in [-0.05, 0) is 28.9 Å². The summed E-state index contributed by atoms with van der Waals surface area (Å²) in [5.41, 5.74) is -1.21. The van der Waals surface area contributed by atoms with Crippen molar-refractivity contribution in [1.82, 2.24) is 10.1 Å². The van der Waals surface area contributed by atoms with Gasteiger partial charge in [0.05, 0.1) is 16.8 Å². The van der Waals surface area contributed by atoms with Crippen molar-refractivity contribution in [1.29, 1.82) is 0 Å². The van der Waals surface area contributed by atoms with Crippen LogP contribution in [0.15, 0.2) is 27.5 Å². The van der Waals surface area contributed by atoms with Crippen molar-refractivity contribution in [2.45, 2.75) is 13.1 Å². The molecule has 2 heterocycles. The molecule has 0 bridgehead atoms.